The van der Waals surface area contributed by atoms with Crippen LogP contribution in [-0.2, 0) is 23.8 Å². The lowest BCUT2D eigenvalue weighted by atomic mass is 9.44. The molecular formula is C20H20O7. The minimum absolute atomic E-state index is 0.0772. The van der Waals surface area contributed by atoms with E-state index in [2.05, 4.69) is 0 Å². The Balaban J connectivity index is 1.52. The summed E-state index contributed by atoms with van der Waals surface area (Å²) in [6, 6.07) is 1.79. The van der Waals surface area contributed by atoms with E-state index < -0.39 is 40.5 Å². The van der Waals surface area contributed by atoms with E-state index in [1.54, 1.807) is 18.6 Å². The number of hydrogen-bond donors (Lipinski definition) is 1. The highest BCUT2D eigenvalue weighted by Gasteiger charge is 2.85. The first-order valence-electron chi connectivity index (χ1n) is 9.39. The second kappa shape index (κ2) is 4.64. The van der Waals surface area contributed by atoms with Gasteiger partial charge in [0.2, 0.25) is 0 Å². The summed E-state index contributed by atoms with van der Waals surface area (Å²) < 4.78 is 22.6. The Hall–Kier alpha value is -2.12. The van der Waals surface area contributed by atoms with E-state index in [0.717, 1.165) is 5.56 Å². The van der Waals surface area contributed by atoms with Gasteiger partial charge in [-0.1, -0.05) is 13.0 Å². The molecule has 7 atom stereocenters. The zero-order valence-electron chi connectivity index (χ0n) is 14.8. The third-order valence-corrected chi connectivity index (χ3v) is 7.67. The minimum Gasteiger partial charge on any atom is -0.472 e. The van der Waals surface area contributed by atoms with Gasteiger partial charge in [-0.3, -0.25) is 4.79 Å². The zero-order valence-corrected chi connectivity index (χ0v) is 14.8. The van der Waals surface area contributed by atoms with Gasteiger partial charge in [0.05, 0.1) is 36.1 Å². The highest BCUT2D eigenvalue weighted by molar-refractivity contribution is 5.94. The van der Waals surface area contributed by atoms with Crippen LogP contribution in [0, 0.1) is 16.7 Å². The van der Waals surface area contributed by atoms with Crippen LogP contribution in [0.25, 0.3) is 0 Å². The summed E-state index contributed by atoms with van der Waals surface area (Å²) in [6.07, 6.45) is 4.96. The average molecular weight is 372 g/mol. The third-order valence-electron chi connectivity index (χ3n) is 7.67. The number of carbonyl (C=O) groups is 2. The zero-order chi connectivity index (χ0) is 18.6. The largest absolute Gasteiger partial charge is 0.472 e. The molecule has 4 fully saturated rings. The van der Waals surface area contributed by atoms with E-state index in [-0.39, 0.29) is 25.1 Å². The van der Waals surface area contributed by atoms with Gasteiger partial charge >= 0.3 is 11.9 Å². The molecule has 3 saturated heterocycles. The second-order valence-electron chi connectivity index (χ2n) is 8.71. The van der Waals surface area contributed by atoms with Crippen LogP contribution in [0.2, 0.25) is 0 Å². The van der Waals surface area contributed by atoms with Crippen molar-refractivity contribution in [2.75, 3.05) is 6.61 Å². The Morgan fingerprint density at radius 1 is 1.26 bits per heavy atom. The fraction of sp³-hybridized carbons (Fsp3) is 0.600. The summed E-state index contributed by atoms with van der Waals surface area (Å²) in [5, 5.41) is 11.0. The molecule has 0 aromatic carbocycles. The van der Waals surface area contributed by atoms with Gasteiger partial charge in [0.25, 0.3) is 0 Å². The predicted molar refractivity (Wildman–Crippen MR) is 88.1 cm³/mol. The van der Waals surface area contributed by atoms with Crippen molar-refractivity contribution in [3.8, 4) is 0 Å². The van der Waals surface area contributed by atoms with Crippen LogP contribution in [0.1, 0.15) is 37.9 Å². The van der Waals surface area contributed by atoms with E-state index in [4.69, 9.17) is 18.6 Å². The SMILES string of the molecule is C[C@]12C[C@H](c3ccoc3)OC(=O)[C@@H]1[C@H](O)C[C@@]13COC(=O)C1=CC[C@H]1O[C@]132. The number of fused-ring (bicyclic) bond motifs is 1. The van der Waals surface area contributed by atoms with E-state index >= 15 is 0 Å². The first-order chi connectivity index (χ1) is 12.9. The maximum atomic E-state index is 13.0. The predicted octanol–water partition coefficient (Wildman–Crippen LogP) is 1.67. The Kier molecular flexibility index (Phi) is 2.73. The number of epoxide rings is 1. The Morgan fingerprint density at radius 2 is 2.11 bits per heavy atom. The van der Waals surface area contributed by atoms with Crippen molar-refractivity contribution in [1.82, 2.24) is 0 Å². The van der Waals surface area contributed by atoms with Crippen molar-refractivity contribution in [1.29, 1.82) is 0 Å². The molecule has 2 spiro atoms. The van der Waals surface area contributed by atoms with Gasteiger partial charge in [-0.05, 0) is 25.3 Å². The molecule has 1 aromatic heterocycles. The molecule has 1 aromatic rings. The van der Waals surface area contributed by atoms with Crippen molar-refractivity contribution in [2.24, 2.45) is 16.7 Å². The topological polar surface area (TPSA) is 98.5 Å². The molecule has 0 bridgehead atoms. The molecule has 4 heterocycles. The molecule has 0 unspecified atom stereocenters. The lowest BCUT2D eigenvalue weighted by Crippen LogP contribution is -2.67. The maximum absolute atomic E-state index is 13.0. The quantitative estimate of drug-likeness (QED) is 0.591. The van der Waals surface area contributed by atoms with Crippen LogP contribution < -0.4 is 0 Å². The molecule has 27 heavy (non-hydrogen) atoms. The van der Waals surface area contributed by atoms with Crippen LogP contribution in [0.5, 0.6) is 0 Å². The van der Waals surface area contributed by atoms with Gasteiger partial charge in [-0.15, -0.1) is 0 Å². The molecule has 5 aliphatic rings. The standard InChI is InChI=1S/C20H20O7/c1-18-7-13(10-4-5-24-8-10)26-17(23)15(18)12(21)6-19-9-25-16(22)11(19)2-3-14-20(18,19)27-14/h2,4-5,8,12-15,21H,3,6-7,9H2,1H3/t12-,13-,14-,15+,18+,19-,20+/m1/s1. The average Bonchev–Trinajstić information content (AvgIpc) is 2.99. The number of hydrogen-bond acceptors (Lipinski definition) is 7. The molecule has 7 nitrogen and oxygen atoms in total. The van der Waals surface area contributed by atoms with Crippen molar-refractivity contribution < 1.29 is 33.3 Å². The monoisotopic (exact) mass is 372 g/mol. The molecular weight excluding hydrogens is 352 g/mol. The Labute approximate surface area is 155 Å². The number of rotatable bonds is 1. The summed E-state index contributed by atoms with van der Waals surface area (Å²) >= 11 is 0. The number of cyclic esters (lactones) is 2. The summed E-state index contributed by atoms with van der Waals surface area (Å²) in [7, 11) is 0. The van der Waals surface area contributed by atoms with Crippen molar-refractivity contribution in [3.63, 3.8) is 0 Å². The molecule has 2 aliphatic carbocycles. The Bertz CT molecular complexity index is 888. The molecule has 7 heteroatoms. The maximum Gasteiger partial charge on any atom is 0.334 e. The van der Waals surface area contributed by atoms with Gasteiger partial charge in [-0.25, -0.2) is 4.79 Å². The van der Waals surface area contributed by atoms with Crippen molar-refractivity contribution in [2.45, 2.75) is 50.1 Å². The van der Waals surface area contributed by atoms with Gasteiger partial charge in [0.15, 0.2) is 0 Å². The first kappa shape index (κ1) is 15.9. The number of esters is 2. The lowest BCUT2D eigenvalue weighted by Gasteiger charge is -2.58. The second-order valence-corrected chi connectivity index (χ2v) is 8.71. The normalized spacial score (nSPS) is 49.8. The first-order valence-corrected chi connectivity index (χ1v) is 9.39. The molecule has 6 rings (SSSR count). The van der Waals surface area contributed by atoms with E-state index in [9.17, 15) is 14.7 Å². The number of furan rings is 1. The third kappa shape index (κ3) is 1.59. The van der Waals surface area contributed by atoms with Gasteiger partial charge in [0.1, 0.15) is 18.3 Å². The molecule has 142 valence electrons. The van der Waals surface area contributed by atoms with Crippen LogP contribution in [0.4, 0.5) is 0 Å². The molecule has 1 saturated carbocycles. The van der Waals surface area contributed by atoms with Crippen LogP contribution in [-0.4, -0.2) is 41.5 Å². The fourth-order valence-electron chi connectivity index (χ4n) is 6.66. The van der Waals surface area contributed by atoms with Crippen LogP contribution in [0.3, 0.4) is 0 Å². The lowest BCUT2D eigenvalue weighted by molar-refractivity contribution is -0.213. The van der Waals surface area contributed by atoms with E-state index in [1.807, 2.05) is 13.0 Å². The molecule has 1 N–H and O–H groups in total. The van der Waals surface area contributed by atoms with Crippen molar-refractivity contribution >= 4 is 11.9 Å². The van der Waals surface area contributed by atoms with Crippen LogP contribution >= 0.6 is 0 Å². The minimum atomic E-state index is -0.917. The van der Waals surface area contributed by atoms with Gasteiger partial charge in [0, 0.05) is 16.6 Å². The van der Waals surface area contributed by atoms with Crippen molar-refractivity contribution in [3.05, 3.63) is 35.8 Å². The number of carbonyl (C=O) groups excluding carboxylic acids is 2. The van der Waals surface area contributed by atoms with E-state index in [1.165, 1.54) is 0 Å². The molecule has 3 aliphatic heterocycles. The van der Waals surface area contributed by atoms with E-state index in [0.29, 0.717) is 18.4 Å². The molecule has 0 amide bonds. The summed E-state index contributed by atoms with van der Waals surface area (Å²) in [6.45, 7) is 2.19. The Morgan fingerprint density at radius 3 is 2.89 bits per heavy atom. The number of aliphatic hydroxyl groups is 1. The summed E-state index contributed by atoms with van der Waals surface area (Å²) in [4.78, 5) is 25.3. The number of aliphatic hydroxyl groups excluding tert-OH is 1. The highest BCUT2D eigenvalue weighted by atomic mass is 16.6. The fourth-order valence-corrected chi connectivity index (χ4v) is 6.66. The van der Waals surface area contributed by atoms with Gasteiger partial charge < -0.3 is 23.7 Å². The highest BCUT2D eigenvalue weighted by Crippen LogP contribution is 2.76. The smallest absolute Gasteiger partial charge is 0.334 e. The number of ether oxygens (including phenoxy) is 3. The summed E-state index contributed by atoms with van der Waals surface area (Å²) in [5.41, 5.74) is -0.678. The molecule has 0 radical (unpaired) electrons. The summed E-state index contributed by atoms with van der Waals surface area (Å²) in [5.74, 6) is -1.43. The van der Waals surface area contributed by atoms with Gasteiger partial charge in [-0.2, -0.15) is 0 Å². The van der Waals surface area contributed by atoms with Crippen LogP contribution in [0.15, 0.2) is 34.7 Å².